The van der Waals surface area contributed by atoms with E-state index in [4.69, 9.17) is 4.42 Å². The minimum absolute atomic E-state index is 0.0847. The molecule has 1 amide bonds. The van der Waals surface area contributed by atoms with Crippen molar-refractivity contribution in [2.24, 2.45) is 11.8 Å². The Kier molecular flexibility index (Phi) is 3.85. The number of furan rings is 1. The Morgan fingerprint density at radius 2 is 1.96 bits per heavy atom. The monoisotopic (exact) mass is 352 g/mol. The predicted octanol–water partition coefficient (Wildman–Crippen LogP) is 4.00. The van der Waals surface area contributed by atoms with E-state index in [2.05, 4.69) is 28.9 Å². The Morgan fingerprint density at radius 3 is 2.77 bits per heavy atom. The summed E-state index contributed by atoms with van der Waals surface area (Å²) in [7, 11) is 0. The topological polar surface area (TPSA) is 36.7 Å². The molecule has 4 aliphatic rings. The van der Waals surface area contributed by atoms with Crippen LogP contribution < -0.4 is 0 Å². The van der Waals surface area contributed by atoms with Gasteiger partial charge in [0.25, 0.3) is 5.91 Å². The van der Waals surface area contributed by atoms with Crippen molar-refractivity contribution in [1.29, 1.82) is 0 Å². The quantitative estimate of drug-likeness (QED) is 0.838. The first-order valence-corrected chi connectivity index (χ1v) is 10.1. The molecule has 26 heavy (non-hydrogen) atoms. The van der Waals surface area contributed by atoms with E-state index >= 15 is 0 Å². The van der Waals surface area contributed by atoms with Crippen molar-refractivity contribution in [2.75, 3.05) is 26.2 Å². The van der Waals surface area contributed by atoms with Gasteiger partial charge in [0.15, 0.2) is 5.76 Å². The normalized spacial score (nSPS) is 26.5. The van der Waals surface area contributed by atoms with E-state index in [9.17, 15) is 4.79 Å². The van der Waals surface area contributed by atoms with Crippen molar-refractivity contribution in [3.8, 4) is 0 Å². The minimum Gasteiger partial charge on any atom is -0.451 e. The van der Waals surface area contributed by atoms with Gasteiger partial charge >= 0.3 is 0 Å². The molecule has 2 bridgehead atoms. The van der Waals surface area contributed by atoms with Crippen molar-refractivity contribution in [3.63, 3.8) is 0 Å². The number of carbonyl (C=O) groups is 1. The minimum atomic E-state index is 0.0847. The summed E-state index contributed by atoms with van der Waals surface area (Å²) in [5.74, 6) is 2.16. The number of aryl methyl sites for hydroxylation is 2. The number of piperidine rings is 1. The van der Waals surface area contributed by atoms with Gasteiger partial charge in [-0.15, -0.1) is 0 Å². The first kappa shape index (κ1) is 16.4. The van der Waals surface area contributed by atoms with Crippen molar-refractivity contribution >= 4 is 16.9 Å². The maximum atomic E-state index is 13.3. The standard InChI is InChI=1S/C22H28N2O2/c1-14-3-8-19-15(2)21(26-20(19)9-14)22(25)24-12-17-6-7-18(13-24)23(11-17)10-16-4-5-16/h3,8-9,16-18H,4-7,10-13H2,1-2H3/t17-,18-/m1/s1. The molecule has 6 rings (SSSR count). The van der Waals surface area contributed by atoms with E-state index < -0.39 is 0 Å². The average Bonchev–Trinajstić information content (AvgIpc) is 3.42. The highest BCUT2D eigenvalue weighted by Gasteiger charge is 2.39. The van der Waals surface area contributed by atoms with Crippen LogP contribution >= 0.6 is 0 Å². The highest BCUT2D eigenvalue weighted by atomic mass is 16.3. The van der Waals surface area contributed by atoms with Gasteiger partial charge in [0.1, 0.15) is 5.58 Å². The maximum absolute atomic E-state index is 13.3. The van der Waals surface area contributed by atoms with Gasteiger partial charge in [0.05, 0.1) is 0 Å². The van der Waals surface area contributed by atoms with Gasteiger partial charge in [-0.05, 0) is 63.0 Å². The van der Waals surface area contributed by atoms with E-state index in [-0.39, 0.29) is 5.91 Å². The number of rotatable bonds is 3. The molecule has 0 unspecified atom stereocenters. The highest BCUT2D eigenvalue weighted by Crippen LogP contribution is 2.35. The Balaban J connectivity index is 1.41. The van der Waals surface area contributed by atoms with Gasteiger partial charge in [-0.3, -0.25) is 9.69 Å². The van der Waals surface area contributed by atoms with Crippen LogP contribution in [0.3, 0.4) is 0 Å². The Morgan fingerprint density at radius 1 is 1.12 bits per heavy atom. The number of amides is 1. The van der Waals surface area contributed by atoms with Gasteiger partial charge in [0, 0.05) is 43.2 Å². The SMILES string of the molecule is Cc1ccc2c(C)c(C(=O)N3C[C@@H]4CC[C@H](C3)N(CC3CC3)C4)oc2c1. The molecule has 1 aromatic heterocycles. The molecule has 2 aromatic rings. The molecule has 0 spiro atoms. The molecule has 1 aromatic carbocycles. The van der Waals surface area contributed by atoms with E-state index in [1.807, 2.05) is 13.0 Å². The van der Waals surface area contributed by atoms with E-state index in [1.165, 1.54) is 38.8 Å². The first-order valence-electron chi connectivity index (χ1n) is 10.1. The first-order chi connectivity index (χ1) is 12.6. The molecule has 2 atom stereocenters. The van der Waals surface area contributed by atoms with E-state index in [1.54, 1.807) is 0 Å². The molecule has 4 heterocycles. The largest absolute Gasteiger partial charge is 0.451 e. The molecular formula is C22H28N2O2. The summed E-state index contributed by atoms with van der Waals surface area (Å²) < 4.78 is 6.02. The summed E-state index contributed by atoms with van der Waals surface area (Å²) in [6.45, 7) is 8.22. The lowest BCUT2D eigenvalue weighted by atomic mass is 9.95. The van der Waals surface area contributed by atoms with Crippen molar-refractivity contribution < 1.29 is 9.21 Å². The Bertz CT molecular complexity index is 851. The van der Waals surface area contributed by atoms with Crippen LogP contribution in [0.4, 0.5) is 0 Å². The lowest BCUT2D eigenvalue weighted by Crippen LogP contribution is -2.45. The molecule has 0 radical (unpaired) electrons. The van der Waals surface area contributed by atoms with E-state index in [0.717, 1.165) is 41.1 Å². The van der Waals surface area contributed by atoms with Crippen LogP contribution in [-0.2, 0) is 0 Å². The molecule has 3 saturated heterocycles. The van der Waals surface area contributed by atoms with Crippen LogP contribution in [0.1, 0.15) is 47.4 Å². The van der Waals surface area contributed by atoms with Gasteiger partial charge in [0.2, 0.25) is 0 Å². The molecule has 3 aliphatic heterocycles. The third-order valence-corrected chi connectivity index (χ3v) is 6.59. The van der Waals surface area contributed by atoms with Crippen molar-refractivity contribution in [2.45, 2.75) is 45.6 Å². The van der Waals surface area contributed by atoms with Crippen molar-refractivity contribution in [3.05, 3.63) is 35.1 Å². The molecule has 1 saturated carbocycles. The molecule has 4 heteroatoms. The molecule has 138 valence electrons. The number of hydrogen-bond acceptors (Lipinski definition) is 3. The number of fused-ring (bicyclic) bond motifs is 5. The van der Waals surface area contributed by atoms with E-state index in [0.29, 0.717) is 17.7 Å². The smallest absolute Gasteiger partial charge is 0.289 e. The second-order valence-electron chi connectivity index (χ2n) is 8.76. The Hall–Kier alpha value is -1.81. The number of hydrogen-bond donors (Lipinski definition) is 0. The van der Waals surface area contributed by atoms with Crippen LogP contribution in [0.15, 0.2) is 22.6 Å². The predicted molar refractivity (Wildman–Crippen MR) is 102 cm³/mol. The van der Waals surface area contributed by atoms with Gasteiger partial charge < -0.3 is 9.32 Å². The summed E-state index contributed by atoms with van der Waals surface area (Å²) in [4.78, 5) is 18.1. The van der Waals surface area contributed by atoms with Crippen LogP contribution in [0, 0.1) is 25.7 Å². The molecular weight excluding hydrogens is 324 g/mol. The molecule has 4 nitrogen and oxygen atoms in total. The summed E-state index contributed by atoms with van der Waals surface area (Å²) in [5, 5.41) is 1.06. The van der Waals surface area contributed by atoms with Crippen LogP contribution in [0.2, 0.25) is 0 Å². The third kappa shape index (κ3) is 2.84. The lowest BCUT2D eigenvalue weighted by Gasteiger charge is -2.36. The second-order valence-corrected chi connectivity index (χ2v) is 8.76. The van der Waals surface area contributed by atoms with Gasteiger partial charge in [-0.25, -0.2) is 0 Å². The van der Waals surface area contributed by atoms with Crippen LogP contribution in [0.25, 0.3) is 11.0 Å². The summed E-state index contributed by atoms with van der Waals surface area (Å²) in [6.07, 6.45) is 5.29. The zero-order valence-corrected chi connectivity index (χ0v) is 15.8. The third-order valence-electron chi connectivity index (χ3n) is 6.59. The fourth-order valence-electron chi connectivity index (χ4n) is 4.88. The average molecular weight is 352 g/mol. The lowest BCUT2D eigenvalue weighted by molar-refractivity contribution is 0.0706. The zero-order valence-electron chi connectivity index (χ0n) is 15.8. The molecule has 0 N–H and O–H groups in total. The van der Waals surface area contributed by atoms with Crippen molar-refractivity contribution in [1.82, 2.24) is 9.80 Å². The summed E-state index contributed by atoms with van der Waals surface area (Å²) in [6, 6.07) is 6.72. The Labute approximate surface area is 155 Å². The summed E-state index contributed by atoms with van der Waals surface area (Å²) >= 11 is 0. The molecule has 1 aliphatic carbocycles. The zero-order chi connectivity index (χ0) is 17.8. The molecule has 4 fully saturated rings. The fraction of sp³-hybridized carbons (Fsp3) is 0.591. The fourth-order valence-corrected chi connectivity index (χ4v) is 4.88. The maximum Gasteiger partial charge on any atom is 0.289 e. The number of nitrogens with zero attached hydrogens (tertiary/aromatic N) is 2. The van der Waals surface area contributed by atoms with Gasteiger partial charge in [-0.1, -0.05) is 12.1 Å². The van der Waals surface area contributed by atoms with Gasteiger partial charge in [-0.2, -0.15) is 0 Å². The summed E-state index contributed by atoms with van der Waals surface area (Å²) in [5.41, 5.74) is 2.98. The van der Waals surface area contributed by atoms with Crippen LogP contribution in [-0.4, -0.2) is 47.9 Å². The number of benzene rings is 1. The highest BCUT2D eigenvalue weighted by molar-refractivity contribution is 5.99. The second kappa shape index (κ2) is 6.12. The van der Waals surface area contributed by atoms with Crippen LogP contribution in [0.5, 0.6) is 0 Å². The number of carbonyl (C=O) groups excluding carboxylic acids is 1.